The van der Waals surface area contributed by atoms with Crippen molar-refractivity contribution in [3.8, 4) is 11.1 Å². The van der Waals surface area contributed by atoms with E-state index in [4.69, 9.17) is 28.7 Å². The molecule has 0 radical (unpaired) electrons. The van der Waals surface area contributed by atoms with Gasteiger partial charge in [-0.15, -0.1) is 0 Å². The third-order valence-corrected chi connectivity index (χ3v) is 16.2. The molecule has 0 bridgehead atoms. The average Bonchev–Trinajstić information content (AvgIpc) is 3.66. The van der Waals surface area contributed by atoms with E-state index in [-0.39, 0.29) is 76.4 Å². The number of hydrogen-bond donors (Lipinski definition) is 17. The van der Waals surface area contributed by atoms with Crippen molar-refractivity contribution < 1.29 is 58.2 Å². The van der Waals surface area contributed by atoms with Gasteiger partial charge < -0.3 is 92.0 Å². The number of aliphatic hydroxyl groups is 2. The smallest absolute Gasteiger partial charge is 0.245 e. The molecular formula is C58H87N15O12S2. The molecule has 478 valence electrons. The van der Waals surface area contributed by atoms with Crippen LogP contribution in [0.5, 0.6) is 0 Å². The van der Waals surface area contributed by atoms with Gasteiger partial charge in [-0.2, -0.15) is 0 Å². The van der Waals surface area contributed by atoms with E-state index in [2.05, 4.69) is 53.2 Å². The van der Waals surface area contributed by atoms with Crippen molar-refractivity contribution in [1.82, 2.24) is 53.2 Å². The minimum absolute atomic E-state index is 0.0503. The highest BCUT2D eigenvalue weighted by Crippen LogP contribution is 2.33. The van der Waals surface area contributed by atoms with E-state index in [0.717, 1.165) is 16.0 Å². The normalized spacial score (nSPS) is 22.3. The zero-order valence-corrected chi connectivity index (χ0v) is 51.1. The lowest BCUT2D eigenvalue weighted by Gasteiger charge is -2.28. The molecule has 1 aliphatic heterocycles. The number of benzene rings is 3. The number of carbonyl (C=O) groups excluding carboxylic acids is 10. The standard InChI is InChI=1S/C58H87N15O12S2/c1-32(2)29-45-55(82)67-40(19-24-59)50(77)66-43(22-27-62)54(81)73-47(33(3)74)57(84)64-28-23-44(53(80)65-41(20-25-60)52(79)71-46(56(83)70-45)30-35-11-7-5-8-12-35)68-51(78)42(21-26-61)69-58(85)48(34(4)75)72-49(76)39(63)31-86-87-38-17-15-37(16-18-38)36-13-9-6-10-14-36/h5-18,32-34,39-48,74-75H,19-31,59-63H2,1-4H3,(H,64,84)(H,65,80)(H,66,77)(H,67,82)(H,68,78)(H,69,85)(H,70,83)(H,71,79)(H,72,76)(H,73,81)/t33-,34-,39-,40+,41+,42+,43+,44+,45+,46-,47+,48+/m1/s1. The Hall–Kier alpha value is -7.22. The maximum absolute atomic E-state index is 14.5. The first kappa shape index (κ1) is 72.3. The highest BCUT2D eigenvalue weighted by atomic mass is 33.1. The molecule has 87 heavy (non-hydrogen) atoms. The summed E-state index contributed by atoms with van der Waals surface area (Å²) in [6.07, 6.45) is -4.35. The van der Waals surface area contributed by atoms with Crippen LogP contribution in [0, 0.1) is 5.92 Å². The summed E-state index contributed by atoms with van der Waals surface area (Å²) in [7, 11) is 2.68. The number of rotatable bonds is 25. The summed E-state index contributed by atoms with van der Waals surface area (Å²) in [6, 6.07) is 11.6. The molecule has 0 unspecified atom stereocenters. The summed E-state index contributed by atoms with van der Waals surface area (Å²) in [6.45, 7) is 4.93. The van der Waals surface area contributed by atoms with Gasteiger partial charge >= 0.3 is 0 Å². The van der Waals surface area contributed by atoms with Gasteiger partial charge in [0.05, 0.1) is 18.2 Å². The molecule has 1 fully saturated rings. The molecule has 0 aromatic heterocycles. The lowest BCUT2D eigenvalue weighted by atomic mass is 10.00. The van der Waals surface area contributed by atoms with Crippen LogP contribution in [0.1, 0.15) is 71.8 Å². The Kier molecular flexibility index (Phi) is 31.1. The second kappa shape index (κ2) is 37.5. The molecule has 1 aliphatic rings. The molecule has 4 rings (SSSR count). The van der Waals surface area contributed by atoms with Crippen molar-refractivity contribution in [2.75, 3.05) is 38.5 Å². The number of nitrogens with one attached hydrogen (secondary N) is 10. The molecule has 1 heterocycles. The van der Waals surface area contributed by atoms with Gasteiger partial charge in [0, 0.05) is 23.6 Å². The molecule has 0 aliphatic carbocycles. The van der Waals surface area contributed by atoms with Gasteiger partial charge in [-0.3, -0.25) is 47.9 Å². The summed E-state index contributed by atoms with van der Waals surface area (Å²) < 4.78 is 0. The third-order valence-electron chi connectivity index (χ3n) is 13.8. The number of amides is 10. The maximum Gasteiger partial charge on any atom is 0.245 e. The summed E-state index contributed by atoms with van der Waals surface area (Å²) in [5.74, 6) is -9.24. The first-order valence-corrected chi connectivity index (χ1v) is 31.2. The zero-order valence-electron chi connectivity index (χ0n) is 49.5. The predicted molar refractivity (Wildman–Crippen MR) is 331 cm³/mol. The van der Waals surface area contributed by atoms with Gasteiger partial charge in [0.1, 0.15) is 54.4 Å². The van der Waals surface area contributed by atoms with Crippen molar-refractivity contribution in [3.05, 3.63) is 90.5 Å². The quantitative estimate of drug-likeness (QED) is 0.0371. The Morgan fingerprint density at radius 2 is 1.07 bits per heavy atom. The Balaban J connectivity index is 1.64. The van der Waals surface area contributed by atoms with Crippen molar-refractivity contribution in [2.45, 2.75) is 150 Å². The number of aliphatic hydroxyl groups excluding tert-OH is 2. The lowest BCUT2D eigenvalue weighted by Crippen LogP contribution is -2.62. The molecule has 1 saturated heterocycles. The fraction of sp³-hybridized carbons (Fsp3) is 0.517. The van der Waals surface area contributed by atoms with Crippen LogP contribution in [0.3, 0.4) is 0 Å². The van der Waals surface area contributed by atoms with Crippen LogP contribution in [0.2, 0.25) is 0 Å². The summed E-state index contributed by atoms with van der Waals surface area (Å²) in [5.41, 5.74) is 32.5. The number of carbonyl (C=O) groups is 10. The molecule has 10 amide bonds. The molecule has 22 N–H and O–H groups in total. The van der Waals surface area contributed by atoms with Crippen molar-refractivity contribution >= 4 is 80.7 Å². The van der Waals surface area contributed by atoms with Crippen LogP contribution in [0.4, 0.5) is 0 Å². The monoisotopic (exact) mass is 1250 g/mol. The SMILES string of the molecule is CC(C)C[C@@H]1NC(=O)[C@@H](Cc2ccccc2)NC(=O)[C@H](CCN)NC(=O)[C@@H](NC(=O)[C@H](CCN)NC(=O)[C@@H](NC(=O)[C@H](N)CSSc2ccc(-c3ccccc3)cc2)[C@@H](C)O)CCNC(=O)[C@H]([C@@H](C)O)NC(=O)[C@H](CCN)NC(=O)[C@H](CCN)NC1=O. The van der Waals surface area contributed by atoms with E-state index in [9.17, 15) is 58.2 Å². The number of hydrogen-bond acceptors (Lipinski definition) is 19. The second-order valence-electron chi connectivity index (χ2n) is 21.5. The Labute approximate surface area is 514 Å². The number of nitrogens with two attached hydrogens (primary N) is 5. The summed E-state index contributed by atoms with van der Waals surface area (Å²) in [4.78, 5) is 142. The largest absolute Gasteiger partial charge is 0.391 e. The molecule has 27 nitrogen and oxygen atoms in total. The zero-order chi connectivity index (χ0) is 64.2. The third kappa shape index (κ3) is 24.1. The minimum atomic E-state index is -1.68. The van der Waals surface area contributed by atoms with Gasteiger partial charge in [-0.05, 0) is 113 Å². The van der Waals surface area contributed by atoms with Gasteiger partial charge in [-0.1, -0.05) is 108 Å². The van der Waals surface area contributed by atoms with Crippen LogP contribution in [0.15, 0.2) is 89.8 Å². The van der Waals surface area contributed by atoms with Crippen LogP contribution in [-0.2, 0) is 54.4 Å². The molecule has 29 heteroatoms. The molecule has 0 spiro atoms. The molecule has 3 aromatic rings. The van der Waals surface area contributed by atoms with Crippen molar-refractivity contribution in [3.63, 3.8) is 0 Å². The van der Waals surface area contributed by atoms with Crippen molar-refractivity contribution in [2.24, 2.45) is 34.6 Å². The van der Waals surface area contributed by atoms with Gasteiger partial charge in [-0.25, -0.2) is 0 Å². The molecule has 0 saturated carbocycles. The molecule has 12 atom stereocenters. The topological polar surface area (TPSA) is 462 Å². The van der Waals surface area contributed by atoms with E-state index < -0.39 is 145 Å². The first-order chi connectivity index (χ1) is 41.5. The van der Waals surface area contributed by atoms with Gasteiger partial charge in [0.15, 0.2) is 0 Å². The molecule has 3 aromatic carbocycles. The second-order valence-corrected chi connectivity index (χ2v) is 23.9. The predicted octanol–water partition coefficient (Wildman–Crippen LogP) is -3.25. The Morgan fingerprint density at radius 3 is 1.60 bits per heavy atom. The summed E-state index contributed by atoms with van der Waals surface area (Å²) >= 11 is 0. The Bertz CT molecular complexity index is 2740. The average molecular weight is 1250 g/mol. The lowest BCUT2D eigenvalue weighted by molar-refractivity contribution is -0.136. The maximum atomic E-state index is 14.5. The minimum Gasteiger partial charge on any atom is -0.391 e. The van der Waals surface area contributed by atoms with Gasteiger partial charge in [0.25, 0.3) is 0 Å². The van der Waals surface area contributed by atoms with E-state index in [1.165, 1.54) is 35.4 Å². The molecular weight excluding hydrogens is 1160 g/mol. The van der Waals surface area contributed by atoms with E-state index in [0.29, 0.717) is 5.56 Å². The first-order valence-electron chi connectivity index (χ1n) is 28.9. The fourth-order valence-corrected chi connectivity index (χ4v) is 11.2. The van der Waals surface area contributed by atoms with Crippen LogP contribution in [-0.4, -0.2) is 180 Å². The van der Waals surface area contributed by atoms with Crippen LogP contribution in [0.25, 0.3) is 11.1 Å². The Morgan fingerprint density at radius 1 is 0.575 bits per heavy atom. The fourth-order valence-electron chi connectivity index (χ4n) is 9.03. The van der Waals surface area contributed by atoms with Crippen LogP contribution < -0.4 is 81.8 Å². The van der Waals surface area contributed by atoms with Crippen LogP contribution >= 0.6 is 21.6 Å². The highest BCUT2D eigenvalue weighted by Gasteiger charge is 2.37. The van der Waals surface area contributed by atoms with Crippen molar-refractivity contribution in [1.29, 1.82) is 0 Å². The van der Waals surface area contributed by atoms with Gasteiger partial charge in [0.2, 0.25) is 59.1 Å². The van der Waals surface area contributed by atoms with E-state index >= 15 is 0 Å². The summed E-state index contributed by atoms with van der Waals surface area (Å²) in [5, 5.41) is 47.1. The highest BCUT2D eigenvalue weighted by molar-refractivity contribution is 8.76. The van der Waals surface area contributed by atoms with E-state index in [1.54, 1.807) is 44.2 Å². The van der Waals surface area contributed by atoms with E-state index in [1.807, 2.05) is 54.6 Å².